The minimum atomic E-state index is 0. The predicted octanol–water partition coefficient (Wildman–Crippen LogP) is 4.46. The van der Waals surface area contributed by atoms with Crippen molar-refractivity contribution in [1.29, 1.82) is 0 Å². The summed E-state index contributed by atoms with van der Waals surface area (Å²) in [5, 5.41) is 11.3. The number of halogens is 1. The molecule has 0 saturated heterocycles. The number of hydrogen-bond donors (Lipinski definition) is 2. The fraction of sp³-hybridized carbons (Fsp3) is 0.304. The highest BCUT2D eigenvalue weighted by molar-refractivity contribution is 14.0. The molecule has 0 saturated carbocycles. The van der Waals surface area contributed by atoms with Crippen molar-refractivity contribution < 1.29 is 9.47 Å². The summed E-state index contributed by atoms with van der Waals surface area (Å²) in [5.41, 5.74) is 5.18. The standard InChI is InChI=1S/C23H27N5O2.HI/c1-16-13-17(2)28(27-16)20-8-5-4-7-18(20)15-25-23(24-3)26-19-9-10-21-22(14-19)30-12-6-11-29-21;/h4-5,7-10,13-14H,6,11-12,15H2,1-3H3,(H2,24,25,26);1H. The summed E-state index contributed by atoms with van der Waals surface area (Å²) in [4.78, 5) is 4.35. The zero-order valence-corrected chi connectivity index (χ0v) is 20.3. The Morgan fingerprint density at radius 2 is 1.84 bits per heavy atom. The first kappa shape index (κ1) is 22.9. The number of anilines is 1. The second kappa shape index (κ2) is 10.5. The first-order chi connectivity index (χ1) is 14.6. The van der Waals surface area contributed by atoms with E-state index in [0.29, 0.717) is 25.7 Å². The summed E-state index contributed by atoms with van der Waals surface area (Å²) in [6.45, 7) is 6.02. The van der Waals surface area contributed by atoms with E-state index in [-0.39, 0.29) is 24.0 Å². The minimum Gasteiger partial charge on any atom is -0.490 e. The van der Waals surface area contributed by atoms with Gasteiger partial charge in [0, 0.05) is 37.5 Å². The highest BCUT2D eigenvalue weighted by atomic mass is 127. The number of rotatable bonds is 4. The number of nitrogens with one attached hydrogen (secondary N) is 2. The lowest BCUT2D eigenvalue weighted by molar-refractivity contribution is 0.297. The number of ether oxygens (including phenoxy) is 2. The van der Waals surface area contributed by atoms with Gasteiger partial charge in [-0.2, -0.15) is 5.10 Å². The van der Waals surface area contributed by atoms with Gasteiger partial charge < -0.3 is 20.1 Å². The molecule has 0 radical (unpaired) electrons. The molecule has 7 nitrogen and oxygen atoms in total. The van der Waals surface area contributed by atoms with Crippen LogP contribution in [0.2, 0.25) is 0 Å². The van der Waals surface area contributed by atoms with E-state index in [1.807, 2.05) is 41.9 Å². The summed E-state index contributed by atoms with van der Waals surface area (Å²) in [6.07, 6.45) is 0.884. The number of para-hydroxylation sites is 1. The van der Waals surface area contributed by atoms with Gasteiger partial charge >= 0.3 is 0 Å². The fourth-order valence-corrected chi connectivity index (χ4v) is 3.48. The highest BCUT2D eigenvalue weighted by Crippen LogP contribution is 2.32. The van der Waals surface area contributed by atoms with Crippen LogP contribution in [0.4, 0.5) is 5.69 Å². The van der Waals surface area contributed by atoms with Crippen LogP contribution in [0.3, 0.4) is 0 Å². The van der Waals surface area contributed by atoms with Gasteiger partial charge in [-0.05, 0) is 43.7 Å². The third-order valence-corrected chi connectivity index (χ3v) is 4.91. The number of aryl methyl sites for hydroxylation is 2. The first-order valence-corrected chi connectivity index (χ1v) is 10.1. The van der Waals surface area contributed by atoms with E-state index in [4.69, 9.17) is 9.47 Å². The molecule has 31 heavy (non-hydrogen) atoms. The van der Waals surface area contributed by atoms with Crippen LogP contribution in [-0.2, 0) is 6.54 Å². The molecule has 2 heterocycles. The van der Waals surface area contributed by atoms with E-state index < -0.39 is 0 Å². The van der Waals surface area contributed by atoms with Gasteiger partial charge in [0.1, 0.15) is 0 Å². The second-order valence-electron chi connectivity index (χ2n) is 7.23. The molecular weight excluding hydrogens is 505 g/mol. The smallest absolute Gasteiger partial charge is 0.195 e. The number of aromatic nitrogens is 2. The Morgan fingerprint density at radius 3 is 2.58 bits per heavy atom. The maximum Gasteiger partial charge on any atom is 0.195 e. The highest BCUT2D eigenvalue weighted by Gasteiger charge is 2.12. The number of fused-ring (bicyclic) bond motifs is 1. The lowest BCUT2D eigenvalue weighted by atomic mass is 10.1. The van der Waals surface area contributed by atoms with Crippen LogP contribution in [0.1, 0.15) is 23.4 Å². The first-order valence-electron chi connectivity index (χ1n) is 10.1. The van der Waals surface area contributed by atoms with Gasteiger partial charge in [-0.3, -0.25) is 4.99 Å². The fourth-order valence-electron chi connectivity index (χ4n) is 3.48. The van der Waals surface area contributed by atoms with Gasteiger partial charge in [-0.15, -0.1) is 24.0 Å². The number of benzene rings is 2. The number of guanidine groups is 1. The topological polar surface area (TPSA) is 72.7 Å². The molecule has 164 valence electrons. The van der Waals surface area contributed by atoms with Crippen LogP contribution in [0, 0.1) is 13.8 Å². The summed E-state index contributed by atoms with van der Waals surface area (Å²) in [6, 6.07) is 16.1. The van der Waals surface area contributed by atoms with E-state index in [1.54, 1.807) is 7.05 Å². The van der Waals surface area contributed by atoms with Gasteiger partial charge in [0.05, 0.1) is 24.6 Å². The normalized spacial score (nSPS) is 13.2. The number of hydrogen-bond acceptors (Lipinski definition) is 4. The summed E-state index contributed by atoms with van der Waals surface area (Å²) in [5.74, 6) is 2.20. The summed E-state index contributed by atoms with van der Waals surface area (Å²) < 4.78 is 13.5. The van der Waals surface area contributed by atoms with Crippen LogP contribution in [0.25, 0.3) is 5.69 Å². The number of aliphatic imine (C=N–C) groups is 1. The zero-order chi connectivity index (χ0) is 20.9. The molecule has 1 aliphatic heterocycles. The van der Waals surface area contributed by atoms with Crippen molar-refractivity contribution in [2.75, 3.05) is 25.6 Å². The van der Waals surface area contributed by atoms with E-state index in [2.05, 4.69) is 45.8 Å². The molecule has 0 atom stereocenters. The van der Waals surface area contributed by atoms with E-state index in [0.717, 1.165) is 46.2 Å². The maximum absolute atomic E-state index is 5.78. The molecule has 2 N–H and O–H groups in total. The molecule has 8 heteroatoms. The Labute approximate surface area is 199 Å². The van der Waals surface area contributed by atoms with Crippen molar-refractivity contribution in [3.8, 4) is 17.2 Å². The predicted molar refractivity (Wildman–Crippen MR) is 134 cm³/mol. The van der Waals surface area contributed by atoms with Crippen LogP contribution in [-0.4, -0.2) is 36.0 Å². The van der Waals surface area contributed by atoms with Gasteiger partial charge in [0.25, 0.3) is 0 Å². The SMILES string of the molecule is CN=C(NCc1ccccc1-n1nc(C)cc1C)Nc1ccc2c(c1)OCCCO2.I. The molecule has 1 aromatic heterocycles. The van der Waals surface area contributed by atoms with Gasteiger partial charge in [0.15, 0.2) is 17.5 Å². The molecule has 0 bridgehead atoms. The minimum absolute atomic E-state index is 0. The average molecular weight is 533 g/mol. The van der Waals surface area contributed by atoms with E-state index in [9.17, 15) is 0 Å². The largest absolute Gasteiger partial charge is 0.490 e. The van der Waals surface area contributed by atoms with E-state index >= 15 is 0 Å². The van der Waals surface area contributed by atoms with Gasteiger partial charge in [-0.25, -0.2) is 4.68 Å². The van der Waals surface area contributed by atoms with Crippen LogP contribution in [0.5, 0.6) is 11.5 Å². The Balaban J connectivity index is 0.00000272. The van der Waals surface area contributed by atoms with Crippen LogP contribution >= 0.6 is 24.0 Å². The molecule has 0 aliphatic carbocycles. The van der Waals surface area contributed by atoms with Crippen molar-refractivity contribution >= 4 is 35.6 Å². The number of nitrogens with zero attached hydrogens (tertiary/aromatic N) is 3. The molecule has 4 rings (SSSR count). The van der Waals surface area contributed by atoms with Crippen molar-refractivity contribution in [1.82, 2.24) is 15.1 Å². The lowest BCUT2D eigenvalue weighted by Gasteiger charge is -2.16. The Bertz CT molecular complexity index is 1060. The summed E-state index contributed by atoms with van der Waals surface area (Å²) >= 11 is 0. The molecular formula is C23H28IN5O2. The Kier molecular flexibility index (Phi) is 7.78. The Hall–Kier alpha value is -2.75. The molecule has 0 spiro atoms. The second-order valence-corrected chi connectivity index (χ2v) is 7.23. The Morgan fingerprint density at radius 1 is 1.06 bits per heavy atom. The monoisotopic (exact) mass is 533 g/mol. The van der Waals surface area contributed by atoms with Crippen molar-refractivity contribution in [2.24, 2.45) is 4.99 Å². The quantitative estimate of drug-likeness (QED) is 0.295. The molecule has 2 aromatic carbocycles. The molecule has 3 aromatic rings. The molecule has 1 aliphatic rings. The van der Waals surface area contributed by atoms with Crippen LogP contribution < -0.4 is 20.1 Å². The van der Waals surface area contributed by atoms with Gasteiger partial charge in [-0.1, -0.05) is 18.2 Å². The van der Waals surface area contributed by atoms with E-state index in [1.165, 1.54) is 0 Å². The molecule has 0 amide bonds. The van der Waals surface area contributed by atoms with Gasteiger partial charge in [0.2, 0.25) is 0 Å². The lowest BCUT2D eigenvalue weighted by Crippen LogP contribution is -2.30. The maximum atomic E-state index is 5.78. The zero-order valence-electron chi connectivity index (χ0n) is 18.0. The van der Waals surface area contributed by atoms with Crippen molar-refractivity contribution in [2.45, 2.75) is 26.8 Å². The van der Waals surface area contributed by atoms with Crippen molar-refractivity contribution in [3.05, 3.63) is 65.5 Å². The summed E-state index contributed by atoms with van der Waals surface area (Å²) in [7, 11) is 1.76. The third-order valence-electron chi connectivity index (χ3n) is 4.91. The molecule has 0 fully saturated rings. The van der Waals surface area contributed by atoms with Crippen molar-refractivity contribution in [3.63, 3.8) is 0 Å². The third kappa shape index (κ3) is 5.49. The van der Waals surface area contributed by atoms with Crippen LogP contribution in [0.15, 0.2) is 53.5 Å². The average Bonchev–Trinajstić information content (AvgIpc) is 2.94. The molecule has 0 unspecified atom stereocenters.